The summed E-state index contributed by atoms with van der Waals surface area (Å²) < 4.78 is 0. The first-order valence-electron chi connectivity index (χ1n) is 9.15. The number of carbonyl (C=O) groups is 2. The summed E-state index contributed by atoms with van der Waals surface area (Å²) >= 11 is 11.9. The first-order valence-corrected chi connectivity index (χ1v) is 9.91. The lowest BCUT2D eigenvalue weighted by Gasteiger charge is -2.31. The molecule has 4 nitrogen and oxygen atoms in total. The molecule has 0 spiro atoms. The number of halogens is 2. The van der Waals surface area contributed by atoms with Gasteiger partial charge >= 0.3 is 0 Å². The summed E-state index contributed by atoms with van der Waals surface area (Å²) in [6.45, 7) is 7.81. The summed E-state index contributed by atoms with van der Waals surface area (Å²) in [5, 5.41) is 4.19. The van der Waals surface area contributed by atoms with Gasteiger partial charge in [0, 0.05) is 22.1 Å². The Morgan fingerprint density at radius 1 is 0.929 bits per heavy atom. The van der Waals surface area contributed by atoms with E-state index in [0.29, 0.717) is 16.6 Å². The van der Waals surface area contributed by atoms with Gasteiger partial charge < -0.3 is 10.2 Å². The van der Waals surface area contributed by atoms with Crippen molar-refractivity contribution in [3.63, 3.8) is 0 Å². The van der Waals surface area contributed by atoms with Gasteiger partial charge in [0.2, 0.25) is 11.8 Å². The highest BCUT2D eigenvalue weighted by Gasteiger charge is 2.28. The minimum absolute atomic E-state index is 0.131. The molecule has 150 valence electrons. The molecule has 0 saturated heterocycles. The van der Waals surface area contributed by atoms with Gasteiger partial charge in [-0.2, -0.15) is 0 Å². The number of hydrogen-bond acceptors (Lipinski definition) is 2. The quantitative estimate of drug-likeness (QED) is 0.724. The van der Waals surface area contributed by atoms with Gasteiger partial charge in [-0.3, -0.25) is 9.59 Å². The van der Waals surface area contributed by atoms with Crippen LogP contribution >= 0.6 is 23.2 Å². The SMILES string of the molecule is C[C@H](C(=O)NC(C)(C)C)N(Cc1ccc(Cl)cc1)C(=O)Cc1ccc(Cl)cc1. The normalized spacial score (nSPS) is 12.4. The van der Waals surface area contributed by atoms with Crippen molar-refractivity contribution in [1.82, 2.24) is 10.2 Å². The van der Waals surface area contributed by atoms with Crippen LogP contribution in [-0.2, 0) is 22.6 Å². The van der Waals surface area contributed by atoms with Crippen LogP contribution in [0.2, 0.25) is 10.0 Å². The van der Waals surface area contributed by atoms with E-state index in [2.05, 4.69) is 5.32 Å². The van der Waals surface area contributed by atoms with Crippen LogP contribution in [0.15, 0.2) is 48.5 Å². The Labute approximate surface area is 176 Å². The lowest BCUT2D eigenvalue weighted by molar-refractivity contribution is -0.140. The van der Waals surface area contributed by atoms with Crippen molar-refractivity contribution in [2.75, 3.05) is 0 Å². The fourth-order valence-electron chi connectivity index (χ4n) is 2.72. The second-order valence-electron chi connectivity index (χ2n) is 7.87. The van der Waals surface area contributed by atoms with Gasteiger partial charge in [0.25, 0.3) is 0 Å². The molecule has 0 aliphatic rings. The molecule has 0 saturated carbocycles. The van der Waals surface area contributed by atoms with E-state index in [-0.39, 0.29) is 23.8 Å². The van der Waals surface area contributed by atoms with E-state index >= 15 is 0 Å². The fourth-order valence-corrected chi connectivity index (χ4v) is 2.97. The lowest BCUT2D eigenvalue weighted by atomic mass is 10.1. The molecule has 28 heavy (non-hydrogen) atoms. The fraction of sp³-hybridized carbons (Fsp3) is 0.364. The maximum absolute atomic E-state index is 13.1. The molecule has 0 fully saturated rings. The topological polar surface area (TPSA) is 49.4 Å². The van der Waals surface area contributed by atoms with Crippen LogP contribution in [-0.4, -0.2) is 28.3 Å². The molecule has 0 heterocycles. The second kappa shape index (κ2) is 9.44. The molecule has 2 amide bonds. The van der Waals surface area contributed by atoms with Crippen LogP contribution in [0.25, 0.3) is 0 Å². The van der Waals surface area contributed by atoms with E-state index in [1.165, 1.54) is 0 Å². The Kier molecular flexibility index (Phi) is 7.50. The Bertz CT molecular complexity index is 812. The molecular formula is C22H26Cl2N2O2. The third-order valence-corrected chi connectivity index (χ3v) is 4.70. The molecule has 2 aromatic rings. The summed E-state index contributed by atoms with van der Waals surface area (Å²) in [6.07, 6.45) is 0.192. The van der Waals surface area contributed by atoms with Crippen LogP contribution < -0.4 is 5.32 Å². The van der Waals surface area contributed by atoms with Gasteiger partial charge in [-0.15, -0.1) is 0 Å². The Morgan fingerprint density at radius 2 is 1.39 bits per heavy atom. The molecule has 0 unspecified atom stereocenters. The van der Waals surface area contributed by atoms with Crippen molar-refractivity contribution in [3.05, 3.63) is 69.7 Å². The van der Waals surface area contributed by atoms with Gasteiger partial charge in [-0.1, -0.05) is 47.5 Å². The van der Waals surface area contributed by atoms with Gasteiger partial charge in [-0.05, 0) is 63.1 Å². The van der Waals surface area contributed by atoms with Crippen LogP contribution in [0, 0.1) is 0 Å². The zero-order chi connectivity index (χ0) is 20.9. The summed E-state index contributed by atoms with van der Waals surface area (Å²) in [7, 11) is 0. The maximum Gasteiger partial charge on any atom is 0.242 e. The van der Waals surface area contributed by atoms with Gasteiger partial charge in [0.15, 0.2) is 0 Å². The first-order chi connectivity index (χ1) is 13.0. The van der Waals surface area contributed by atoms with Crippen LogP contribution in [0.1, 0.15) is 38.8 Å². The van der Waals surface area contributed by atoms with E-state index < -0.39 is 6.04 Å². The minimum Gasteiger partial charge on any atom is -0.350 e. The van der Waals surface area contributed by atoms with Crippen LogP contribution in [0.3, 0.4) is 0 Å². The summed E-state index contributed by atoms with van der Waals surface area (Å²) in [6, 6.07) is 13.8. The second-order valence-corrected chi connectivity index (χ2v) is 8.74. The summed E-state index contributed by atoms with van der Waals surface area (Å²) in [5.74, 6) is -0.320. The van der Waals surface area contributed by atoms with Crippen molar-refractivity contribution in [1.29, 1.82) is 0 Å². The molecule has 0 radical (unpaired) electrons. The van der Waals surface area contributed by atoms with Crippen molar-refractivity contribution in [3.8, 4) is 0 Å². The van der Waals surface area contributed by atoms with Crippen molar-refractivity contribution >= 4 is 35.0 Å². The molecule has 2 rings (SSSR count). The molecular weight excluding hydrogens is 395 g/mol. The van der Waals surface area contributed by atoms with Crippen molar-refractivity contribution in [2.45, 2.75) is 52.2 Å². The van der Waals surface area contributed by atoms with E-state index in [4.69, 9.17) is 23.2 Å². The number of rotatable bonds is 6. The number of carbonyl (C=O) groups excluding carboxylic acids is 2. The molecule has 0 aromatic heterocycles. The number of hydrogen-bond donors (Lipinski definition) is 1. The maximum atomic E-state index is 13.1. The molecule has 2 aromatic carbocycles. The average Bonchev–Trinajstić information content (AvgIpc) is 2.61. The van der Waals surface area contributed by atoms with E-state index in [1.54, 1.807) is 36.1 Å². The standard InChI is InChI=1S/C22H26Cl2N2O2/c1-15(21(28)25-22(2,3)4)26(14-17-7-11-19(24)12-8-17)20(27)13-16-5-9-18(23)10-6-16/h5-12,15H,13-14H2,1-4H3,(H,25,28)/t15-/m1/s1. The van der Waals surface area contributed by atoms with Gasteiger partial charge in [-0.25, -0.2) is 0 Å². The Hall–Kier alpha value is -2.04. The largest absolute Gasteiger partial charge is 0.350 e. The number of nitrogens with zero attached hydrogens (tertiary/aromatic N) is 1. The number of benzene rings is 2. The Balaban J connectivity index is 2.23. The van der Waals surface area contributed by atoms with Gasteiger partial charge in [0.05, 0.1) is 6.42 Å². The van der Waals surface area contributed by atoms with E-state index in [1.807, 2.05) is 45.0 Å². The first kappa shape index (κ1) is 22.3. The molecule has 1 N–H and O–H groups in total. The van der Waals surface area contributed by atoms with E-state index in [0.717, 1.165) is 11.1 Å². The average molecular weight is 421 g/mol. The highest BCUT2D eigenvalue weighted by molar-refractivity contribution is 6.30. The molecule has 0 aliphatic heterocycles. The number of nitrogens with one attached hydrogen (secondary N) is 1. The third-order valence-electron chi connectivity index (χ3n) is 4.20. The van der Waals surface area contributed by atoms with Crippen molar-refractivity contribution < 1.29 is 9.59 Å². The zero-order valence-electron chi connectivity index (χ0n) is 16.6. The summed E-state index contributed by atoms with van der Waals surface area (Å²) in [4.78, 5) is 27.4. The molecule has 1 atom stereocenters. The molecule has 6 heteroatoms. The highest BCUT2D eigenvalue weighted by Crippen LogP contribution is 2.17. The number of amides is 2. The minimum atomic E-state index is -0.616. The highest BCUT2D eigenvalue weighted by atomic mass is 35.5. The monoisotopic (exact) mass is 420 g/mol. The predicted molar refractivity (Wildman–Crippen MR) is 115 cm³/mol. The molecule has 0 aliphatic carbocycles. The van der Waals surface area contributed by atoms with Crippen LogP contribution in [0.5, 0.6) is 0 Å². The van der Waals surface area contributed by atoms with Crippen molar-refractivity contribution in [2.24, 2.45) is 0 Å². The Morgan fingerprint density at radius 3 is 1.86 bits per heavy atom. The smallest absolute Gasteiger partial charge is 0.242 e. The molecule has 0 bridgehead atoms. The summed E-state index contributed by atoms with van der Waals surface area (Å²) in [5.41, 5.74) is 1.37. The predicted octanol–water partition coefficient (Wildman–Crippen LogP) is 4.87. The van der Waals surface area contributed by atoms with Gasteiger partial charge in [0.1, 0.15) is 6.04 Å². The lowest BCUT2D eigenvalue weighted by Crippen LogP contribution is -2.52. The zero-order valence-corrected chi connectivity index (χ0v) is 18.1. The van der Waals surface area contributed by atoms with E-state index in [9.17, 15) is 9.59 Å². The third kappa shape index (κ3) is 6.84. The van der Waals surface area contributed by atoms with Crippen LogP contribution in [0.4, 0.5) is 0 Å².